The molecule has 2 fully saturated rings. The number of carbonyl (C=O) groups excluding carboxylic acids is 1. The summed E-state index contributed by atoms with van der Waals surface area (Å²) in [6.07, 6.45) is 6.17. The summed E-state index contributed by atoms with van der Waals surface area (Å²) >= 11 is 0. The fourth-order valence-electron chi connectivity index (χ4n) is 4.45. The van der Waals surface area contributed by atoms with E-state index in [0.29, 0.717) is 5.56 Å². The van der Waals surface area contributed by atoms with Crippen LogP contribution in [0.15, 0.2) is 46.9 Å². The van der Waals surface area contributed by atoms with E-state index in [1.54, 1.807) is 0 Å². The molecule has 0 atom stereocenters. The lowest BCUT2D eigenvalue weighted by Gasteiger charge is -2.10. The summed E-state index contributed by atoms with van der Waals surface area (Å²) < 4.78 is 8.79. The number of benzene rings is 2. The molecule has 2 saturated carbocycles. The van der Waals surface area contributed by atoms with Crippen LogP contribution in [0, 0.1) is 12.8 Å². The van der Waals surface area contributed by atoms with Crippen molar-refractivity contribution in [1.82, 2.24) is 4.57 Å². The van der Waals surface area contributed by atoms with Gasteiger partial charge in [-0.05, 0) is 68.2 Å². The fraction of sp³-hybridized carbons (Fsp3) is 0.320. The van der Waals surface area contributed by atoms with Gasteiger partial charge < -0.3 is 8.98 Å². The van der Waals surface area contributed by atoms with Gasteiger partial charge in [0.05, 0.1) is 5.69 Å². The van der Waals surface area contributed by atoms with Gasteiger partial charge in [-0.25, -0.2) is 0 Å². The Morgan fingerprint density at radius 1 is 1.07 bits per heavy atom. The molecule has 0 aliphatic heterocycles. The molecule has 2 aromatic carbocycles. The van der Waals surface area contributed by atoms with Crippen molar-refractivity contribution in [1.29, 1.82) is 0 Å². The van der Waals surface area contributed by atoms with Gasteiger partial charge in [-0.1, -0.05) is 24.3 Å². The summed E-state index contributed by atoms with van der Waals surface area (Å²) in [5, 5.41) is 2.37. The molecular weight excluding hydrogens is 346 g/mol. The monoisotopic (exact) mass is 369 g/mol. The number of aromatic nitrogens is 1. The second kappa shape index (κ2) is 5.84. The smallest absolute Gasteiger partial charge is 0.154 e. The molecule has 0 amide bonds. The van der Waals surface area contributed by atoms with Crippen LogP contribution in [0.1, 0.15) is 53.1 Å². The van der Waals surface area contributed by atoms with Crippen molar-refractivity contribution in [2.24, 2.45) is 5.92 Å². The Hall–Kier alpha value is -2.81. The number of aryl methyl sites for hydroxylation is 1. The zero-order chi connectivity index (χ0) is 18.8. The minimum atomic E-state index is 0.653. The van der Waals surface area contributed by atoms with E-state index in [1.165, 1.54) is 42.1 Å². The average Bonchev–Trinajstić information content (AvgIpc) is 3.63. The Kier molecular flexibility index (Phi) is 3.37. The van der Waals surface area contributed by atoms with Gasteiger partial charge in [0.2, 0.25) is 0 Å². The molecule has 0 bridgehead atoms. The van der Waals surface area contributed by atoms with Crippen LogP contribution in [0.2, 0.25) is 0 Å². The van der Waals surface area contributed by atoms with Gasteiger partial charge in [-0.15, -0.1) is 0 Å². The number of furan rings is 1. The number of carbonyl (C=O) groups is 1. The first-order valence-electron chi connectivity index (χ1n) is 10.3. The van der Waals surface area contributed by atoms with Crippen LogP contribution < -0.4 is 0 Å². The van der Waals surface area contributed by atoms with E-state index in [1.807, 2.05) is 18.2 Å². The second-order valence-electron chi connectivity index (χ2n) is 8.61. The van der Waals surface area contributed by atoms with Crippen molar-refractivity contribution in [2.75, 3.05) is 0 Å². The van der Waals surface area contributed by atoms with Crippen LogP contribution >= 0.6 is 0 Å². The van der Waals surface area contributed by atoms with Crippen LogP contribution in [0.5, 0.6) is 0 Å². The Morgan fingerprint density at radius 3 is 2.68 bits per heavy atom. The Morgan fingerprint density at radius 2 is 1.93 bits per heavy atom. The number of hydrogen-bond donors (Lipinski definition) is 0. The number of fused-ring (bicyclic) bond motifs is 2. The average molecular weight is 369 g/mol. The molecule has 2 aliphatic rings. The molecule has 0 saturated heterocycles. The van der Waals surface area contributed by atoms with Gasteiger partial charge in [0.1, 0.15) is 11.9 Å². The largest absolute Gasteiger partial charge is 0.454 e. The molecule has 4 aromatic rings. The van der Waals surface area contributed by atoms with Crippen molar-refractivity contribution in [2.45, 2.75) is 45.1 Å². The quantitative estimate of drug-likeness (QED) is 0.378. The first-order valence-corrected chi connectivity index (χ1v) is 10.3. The number of rotatable bonds is 5. The third-order valence-electron chi connectivity index (χ3n) is 6.45. The van der Waals surface area contributed by atoms with Crippen LogP contribution in [0.25, 0.3) is 33.3 Å². The summed E-state index contributed by atoms with van der Waals surface area (Å²) in [4.78, 5) is 11.2. The summed E-state index contributed by atoms with van der Waals surface area (Å²) in [5.41, 5.74) is 6.57. The molecule has 28 heavy (non-hydrogen) atoms. The SMILES string of the molecule is Cc1c(-c2cc3ccc(C4CC4)cc3n2CC2CC2)oc2cc(C=O)ccc12. The van der Waals surface area contributed by atoms with Gasteiger partial charge in [-0.3, -0.25) is 4.79 Å². The molecule has 0 N–H and O–H groups in total. The van der Waals surface area contributed by atoms with Crippen LogP contribution in [0.4, 0.5) is 0 Å². The predicted octanol–water partition coefficient (Wildman–Crippen LogP) is 6.46. The van der Waals surface area contributed by atoms with Crippen molar-refractivity contribution in [3.63, 3.8) is 0 Å². The number of nitrogens with zero attached hydrogens (tertiary/aromatic N) is 1. The van der Waals surface area contributed by atoms with E-state index in [2.05, 4.69) is 35.8 Å². The van der Waals surface area contributed by atoms with E-state index in [-0.39, 0.29) is 0 Å². The summed E-state index contributed by atoms with van der Waals surface area (Å²) in [5.74, 6) is 2.47. The van der Waals surface area contributed by atoms with Crippen LogP contribution in [-0.4, -0.2) is 10.9 Å². The molecule has 2 aliphatic carbocycles. The molecule has 0 spiro atoms. The zero-order valence-corrected chi connectivity index (χ0v) is 16.1. The highest BCUT2D eigenvalue weighted by Crippen LogP contribution is 2.43. The van der Waals surface area contributed by atoms with Crippen LogP contribution in [0.3, 0.4) is 0 Å². The van der Waals surface area contributed by atoms with E-state index in [4.69, 9.17) is 4.42 Å². The van der Waals surface area contributed by atoms with Gasteiger partial charge >= 0.3 is 0 Å². The van der Waals surface area contributed by atoms with E-state index >= 15 is 0 Å². The Bertz CT molecular complexity index is 1230. The van der Waals surface area contributed by atoms with Gasteiger partial charge in [0.15, 0.2) is 5.76 Å². The van der Waals surface area contributed by atoms with Crippen molar-refractivity contribution >= 4 is 28.2 Å². The normalized spacial score (nSPS) is 16.9. The predicted molar refractivity (Wildman–Crippen MR) is 112 cm³/mol. The molecule has 140 valence electrons. The molecule has 2 aromatic heterocycles. The third kappa shape index (κ3) is 2.53. The number of hydrogen-bond acceptors (Lipinski definition) is 2. The standard InChI is InChI=1S/C25H23NO2/c1-15-21-9-4-17(14-27)10-24(21)28-25(15)23-12-20-8-7-19(18-5-6-18)11-22(20)26(23)13-16-2-3-16/h4,7-12,14,16,18H,2-3,5-6,13H2,1H3. The van der Waals surface area contributed by atoms with Crippen LogP contribution in [-0.2, 0) is 6.54 Å². The first-order chi connectivity index (χ1) is 13.7. The molecule has 0 unspecified atom stereocenters. The van der Waals surface area contributed by atoms with Crippen molar-refractivity contribution < 1.29 is 9.21 Å². The maximum absolute atomic E-state index is 11.2. The fourth-order valence-corrected chi connectivity index (χ4v) is 4.45. The van der Waals surface area contributed by atoms with E-state index < -0.39 is 0 Å². The zero-order valence-electron chi connectivity index (χ0n) is 16.1. The highest BCUT2D eigenvalue weighted by Gasteiger charge is 2.28. The second-order valence-corrected chi connectivity index (χ2v) is 8.61. The lowest BCUT2D eigenvalue weighted by atomic mass is 10.1. The van der Waals surface area contributed by atoms with Crippen molar-refractivity contribution in [3.05, 3.63) is 59.2 Å². The topological polar surface area (TPSA) is 35.1 Å². The summed E-state index contributed by atoms with van der Waals surface area (Å²) in [6.45, 7) is 3.18. The molecule has 0 radical (unpaired) electrons. The lowest BCUT2D eigenvalue weighted by molar-refractivity contribution is 0.112. The Balaban J connectivity index is 1.57. The molecular formula is C25H23NO2. The summed E-state index contributed by atoms with van der Waals surface area (Å²) in [7, 11) is 0. The molecule has 3 nitrogen and oxygen atoms in total. The Labute approximate surface area is 163 Å². The maximum atomic E-state index is 11.2. The molecule has 2 heterocycles. The van der Waals surface area contributed by atoms with E-state index in [0.717, 1.165) is 52.7 Å². The highest BCUT2D eigenvalue weighted by atomic mass is 16.3. The van der Waals surface area contributed by atoms with Crippen molar-refractivity contribution in [3.8, 4) is 11.5 Å². The highest BCUT2D eigenvalue weighted by molar-refractivity contribution is 5.94. The third-order valence-corrected chi connectivity index (χ3v) is 6.45. The lowest BCUT2D eigenvalue weighted by Crippen LogP contribution is -2.02. The summed E-state index contributed by atoms with van der Waals surface area (Å²) in [6, 6.07) is 15.0. The number of aldehydes is 1. The van der Waals surface area contributed by atoms with Gasteiger partial charge in [0.25, 0.3) is 0 Å². The first kappa shape index (κ1) is 16.2. The van der Waals surface area contributed by atoms with E-state index in [9.17, 15) is 4.79 Å². The minimum Gasteiger partial charge on any atom is -0.454 e. The molecule has 6 rings (SSSR count). The van der Waals surface area contributed by atoms with Gasteiger partial charge in [0, 0.05) is 34.0 Å². The minimum absolute atomic E-state index is 0.653. The maximum Gasteiger partial charge on any atom is 0.154 e. The molecule has 3 heteroatoms. The van der Waals surface area contributed by atoms with Gasteiger partial charge in [-0.2, -0.15) is 0 Å².